The largest absolute Gasteiger partial charge is 0.325 e. The van der Waals surface area contributed by atoms with Crippen LogP contribution in [0.3, 0.4) is 0 Å². The van der Waals surface area contributed by atoms with Gasteiger partial charge < -0.3 is 19.6 Å². The van der Waals surface area contributed by atoms with Crippen LogP contribution in [0.15, 0.2) is 0 Å². The van der Waals surface area contributed by atoms with E-state index in [1.54, 1.807) is 14.0 Å². The molecule has 0 fully saturated rings. The summed E-state index contributed by atoms with van der Waals surface area (Å²) in [5.74, 6) is -0.140. The summed E-state index contributed by atoms with van der Waals surface area (Å²) in [6, 6.07) is -0.568. The van der Waals surface area contributed by atoms with E-state index in [1.165, 1.54) is 6.92 Å². The SMILES string of the molecule is CN[C@H](C(C)=O)C(C)OP(O)(O)=S. The van der Waals surface area contributed by atoms with E-state index in [-0.39, 0.29) is 5.78 Å². The normalized spacial score (nSPS) is 16.7. The van der Waals surface area contributed by atoms with Crippen molar-refractivity contribution >= 4 is 24.3 Å². The Morgan fingerprint density at radius 2 is 2.08 bits per heavy atom. The number of likely N-dealkylation sites (N-methyl/N-ethyl adjacent to an activating group) is 1. The van der Waals surface area contributed by atoms with Gasteiger partial charge in [0.05, 0.1) is 12.1 Å². The molecule has 0 radical (unpaired) electrons. The van der Waals surface area contributed by atoms with Gasteiger partial charge in [0.2, 0.25) is 0 Å². The highest BCUT2D eigenvalue weighted by molar-refractivity contribution is 8.06. The van der Waals surface area contributed by atoms with Crippen molar-refractivity contribution in [3.05, 3.63) is 0 Å². The Bertz CT molecular complexity index is 229. The quantitative estimate of drug-likeness (QED) is 0.563. The van der Waals surface area contributed by atoms with Crippen LogP contribution in [0.2, 0.25) is 0 Å². The molecule has 5 nitrogen and oxygen atoms in total. The molecule has 78 valence electrons. The predicted molar refractivity (Wildman–Crippen MR) is 52.8 cm³/mol. The number of rotatable bonds is 5. The smallest absolute Gasteiger partial charge is 0.322 e. The van der Waals surface area contributed by atoms with Crippen molar-refractivity contribution in [3.63, 3.8) is 0 Å². The third-order valence-corrected chi connectivity index (χ3v) is 2.39. The minimum atomic E-state index is -3.69. The van der Waals surface area contributed by atoms with Gasteiger partial charge in [-0.05, 0) is 32.7 Å². The molecule has 3 N–H and O–H groups in total. The van der Waals surface area contributed by atoms with E-state index in [9.17, 15) is 4.79 Å². The molecular weight excluding hydrogens is 213 g/mol. The highest BCUT2D eigenvalue weighted by atomic mass is 32.5. The van der Waals surface area contributed by atoms with Crippen LogP contribution in [0, 0.1) is 0 Å². The van der Waals surface area contributed by atoms with Gasteiger partial charge in [-0.25, -0.2) is 0 Å². The lowest BCUT2D eigenvalue weighted by molar-refractivity contribution is -0.120. The molecule has 0 aliphatic rings. The van der Waals surface area contributed by atoms with Crippen molar-refractivity contribution in [1.29, 1.82) is 0 Å². The van der Waals surface area contributed by atoms with Gasteiger partial charge in [-0.15, -0.1) is 0 Å². The third-order valence-electron chi connectivity index (χ3n) is 1.52. The summed E-state index contributed by atoms with van der Waals surface area (Å²) >= 11 is 4.28. The van der Waals surface area contributed by atoms with Gasteiger partial charge in [0.25, 0.3) is 0 Å². The lowest BCUT2D eigenvalue weighted by Crippen LogP contribution is -2.42. The monoisotopic (exact) mass is 227 g/mol. The van der Waals surface area contributed by atoms with Gasteiger partial charge in [-0.3, -0.25) is 4.79 Å². The van der Waals surface area contributed by atoms with E-state index >= 15 is 0 Å². The first-order valence-corrected chi connectivity index (χ1v) is 6.32. The average Bonchev–Trinajstić information content (AvgIpc) is 1.82. The van der Waals surface area contributed by atoms with Crippen LogP contribution in [-0.2, 0) is 21.1 Å². The van der Waals surface area contributed by atoms with Gasteiger partial charge in [-0.2, -0.15) is 0 Å². The Balaban J connectivity index is 4.31. The van der Waals surface area contributed by atoms with Gasteiger partial charge in [0, 0.05) is 0 Å². The first-order chi connectivity index (χ1) is 5.78. The second kappa shape index (κ2) is 5.14. The standard InChI is InChI=1S/C6H14NO4PS/c1-4(8)6(7-3)5(2)11-12(9,10)13/h5-7H,1-3H3,(H2,9,10,13)/t5?,6-/m1/s1. The minimum absolute atomic E-state index is 0.140. The van der Waals surface area contributed by atoms with Crippen LogP contribution in [0.1, 0.15) is 13.8 Å². The number of nitrogens with one attached hydrogen (secondary N) is 1. The second-order valence-electron chi connectivity index (χ2n) is 2.68. The van der Waals surface area contributed by atoms with E-state index in [0.29, 0.717) is 0 Å². The summed E-state index contributed by atoms with van der Waals surface area (Å²) in [6.07, 6.45) is -0.650. The highest BCUT2D eigenvalue weighted by Crippen LogP contribution is 2.38. The Hall–Kier alpha value is 0.160. The molecule has 0 rings (SSSR count). The molecule has 2 atom stereocenters. The van der Waals surface area contributed by atoms with Crippen LogP contribution in [0.4, 0.5) is 0 Å². The molecule has 0 aromatic heterocycles. The molecule has 0 aliphatic heterocycles. The fourth-order valence-electron chi connectivity index (χ4n) is 1.05. The zero-order valence-corrected chi connectivity index (χ0v) is 9.43. The predicted octanol–water partition coefficient (Wildman–Crippen LogP) is -0.222. The van der Waals surface area contributed by atoms with Crippen LogP contribution < -0.4 is 5.32 Å². The number of carbonyl (C=O) groups excluding carboxylic acids is 1. The maximum Gasteiger partial charge on any atom is 0.322 e. The molecule has 0 saturated carbocycles. The summed E-state index contributed by atoms with van der Waals surface area (Å²) in [4.78, 5) is 28.6. The van der Waals surface area contributed by atoms with E-state index in [1.807, 2.05) is 0 Å². The molecule has 0 bridgehead atoms. The molecule has 0 heterocycles. The zero-order chi connectivity index (χ0) is 10.6. The van der Waals surface area contributed by atoms with Crippen molar-refractivity contribution < 1.29 is 19.1 Å². The topological polar surface area (TPSA) is 78.8 Å². The minimum Gasteiger partial charge on any atom is -0.325 e. The van der Waals surface area contributed by atoms with E-state index in [2.05, 4.69) is 17.1 Å². The second-order valence-corrected chi connectivity index (χ2v) is 5.30. The first kappa shape index (κ1) is 13.2. The molecule has 13 heavy (non-hydrogen) atoms. The number of ketones is 1. The maximum absolute atomic E-state index is 11.0. The van der Waals surface area contributed by atoms with Crippen molar-refractivity contribution in [2.45, 2.75) is 26.0 Å². The first-order valence-electron chi connectivity index (χ1n) is 3.69. The maximum atomic E-state index is 11.0. The van der Waals surface area contributed by atoms with Crippen LogP contribution in [-0.4, -0.2) is 34.8 Å². The molecule has 0 amide bonds. The zero-order valence-electron chi connectivity index (χ0n) is 7.72. The summed E-state index contributed by atoms with van der Waals surface area (Å²) in [6.45, 7) is -0.748. The van der Waals surface area contributed by atoms with Crippen LogP contribution in [0.5, 0.6) is 0 Å². The third kappa shape index (κ3) is 5.46. The molecule has 0 saturated heterocycles. The molecular formula is C6H14NO4PS. The number of hydrogen-bond acceptors (Lipinski definition) is 4. The van der Waals surface area contributed by atoms with E-state index in [0.717, 1.165) is 0 Å². The summed E-state index contributed by atoms with van der Waals surface area (Å²) < 4.78 is 4.71. The van der Waals surface area contributed by atoms with Crippen LogP contribution in [0.25, 0.3) is 0 Å². The summed E-state index contributed by atoms with van der Waals surface area (Å²) in [7, 11) is 1.59. The highest BCUT2D eigenvalue weighted by Gasteiger charge is 2.25. The Labute approximate surface area is 82.4 Å². The van der Waals surface area contributed by atoms with Crippen molar-refractivity contribution in [3.8, 4) is 0 Å². The van der Waals surface area contributed by atoms with E-state index < -0.39 is 18.9 Å². The summed E-state index contributed by atoms with van der Waals surface area (Å²) in [5.41, 5.74) is 0. The van der Waals surface area contributed by atoms with Gasteiger partial charge in [0.1, 0.15) is 5.78 Å². The fourth-order valence-corrected chi connectivity index (χ4v) is 2.01. The molecule has 0 aliphatic carbocycles. The van der Waals surface area contributed by atoms with Gasteiger partial charge in [0.15, 0.2) is 0 Å². The number of hydrogen-bond donors (Lipinski definition) is 3. The Morgan fingerprint density at radius 3 is 2.31 bits per heavy atom. The molecule has 1 unspecified atom stereocenters. The molecule has 0 spiro atoms. The molecule has 7 heteroatoms. The van der Waals surface area contributed by atoms with Gasteiger partial charge >= 0.3 is 6.72 Å². The van der Waals surface area contributed by atoms with E-state index in [4.69, 9.17) is 14.3 Å². The molecule has 0 aromatic carbocycles. The van der Waals surface area contributed by atoms with Gasteiger partial charge in [-0.1, -0.05) is 0 Å². The van der Waals surface area contributed by atoms with Crippen molar-refractivity contribution in [2.75, 3.05) is 7.05 Å². The number of carbonyl (C=O) groups is 1. The van der Waals surface area contributed by atoms with Crippen molar-refractivity contribution in [2.24, 2.45) is 0 Å². The van der Waals surface area contributed by atoms with Crippen molar-refractivity contribution in [1.82, 2.24) is 5.32 Å². The lowest BCUT2D eigenvalue weighted by atomic mass is 10.1. The van der Waals surface area contributed by atoms with Crippen LogP contribution >= 0.6 is 6.72 Å². The lowest BCUT2D eigenvalue weighted by Gasteiger charge is -2.22. The fraction of sp³-hybridized carbons (Fsp3) is 0.833. The molecule has 0 aromatic rings. The Kier molecular flexibility index (Phi) is 5.21. The summed E-state index contributed by atoms with van der Waals surface area (Å²) in [5, 5.41) is 2.70. The Morgan fingerprint density at radius 1 is 1.62 bits per heavy atom. The number of Topliss-reactive ketones (excluding diaryl/α,β-unsaturated/α-hetero) is 1. The average molecular weight is 227 g/mol.